The summed E-state index contributed by atoms with van der Waals surface area (Å²) in [6.45, 7) is 0. The van der Waals surface area contributed by atoms with Crippen LogP contribution in [0.2, 0.25) is 0 Å². The molecule has 0 aliphatic carbocycles. The molecule has 0 spiro atoms. The molecule has 2 aromatic carbocycles. The van der Waals surface area contributed by atoms with E-state index >= 15 is 0 Å². The Bertz CT molecular complexity index is 728. The first-order valence-corrected chi connectivity index (χ1v) is 7.13. The number of nitrogens with one attached hydrogen (secondary N) is 2. The fourth-order valence-electron chi connectivity index (χ4n) is 1.77. The van der Waals surface area contributed by atoms with Crippen LogP contribution in [-0.4, -0.2) is 21.3 Å². The van der Waals surface area contributed by atoms with E-state index in [4.69, 9.17) is 0 Å². The van der Waals surface area contributed by atoms with Crippen molar-refractivity contribution >= 4 is 23.4 Å². The number of amides is 1. The van der Waals surface area contributed by atoms with Crippen LogP contribution in [0.1, 0.15) is 10.5 Å². The van der Waals surface area contributed by atoms with Crippen molar-refractivity contribution in [2.75, 3.05) is 5.32 Å². The van der Waals surface area contributed by atoms with Gasteiger partial charge in [-0.3, -0.25) is 4.79 Å². The van der Waals surface area contributed by atoms with Gasteiger partial charge in [-0.1, -0.05) is 42.1 Å². The molecule has 5 nitrogen and oxygen atoms in total. The molecule has 0 saturated carbocycles. The van der Waals surface area contributed by atoms with Gasteiger partial charge < -0.3 is 5.32 Å². The summed E-state index contributed by atoms with van der Waals surface area (Å²) in [5, 5.41) is 12.7. The highest BCUT2D eigenvalue weighted by Crippen LogP contribution is 2.33. The van der Waals surface area contributed by atoms with Crippen LogP contribution in [0, 0.1) is 0 Å². The second-order valence-electron chi connectivity index (χ2n) is 4.22. The first-order chi connectivity index (χ1) is 10.3. The molecule has 2 N–H and O–H groups in total. The average molecular weight is 296 g/mol. The standard InChI is InChI=1S/C15H12N4OS/c20-15(13-10-16-19-18-13)17-12-8-4-5-9-14(12)21-11-6-2-1-3-7-11/h1-10H,(H,17,20)(H,16,18,19). The fourth-order valence-corrected chi connectivity index (χ4v) is 2.69. The summed E-state index contributed by atoms with van der Waals surface area (Å²) in [5.74, 6) is -0.287. The van der Waals surface area contributed by atoms with Gasteiger partial charge in [0.05, 0.1) is 11.9 Å². The molecule has 3 rings (SSSR count). The normalized spacial score (nSPS) is 10.3. The van der Waals surface area contributed by atoms with E-state index in [2.05, 4.69) is 20.7 Å². The van der Waals surface area contributed by atoms with Crippen molar-refractivity contribution in [2.24, 2.45) is 0 Å². The predicted molar refractivity (Wildman–Crippen MR) is 81.3 cm³/mol. The SMILES string of the molecule is O=C(Nc1ccccc1Sc1ccccc1)c1cn[nH]n1. The molecule has 6 heteroatoms. The van der Waals surface area contributed by atoms with Gasteiger partial charge >= 0.3 is 0 Å². The van der Waals surface area contributed by atoms with Gasteiger partial charge in [0.1, 0.15) is 0 Å². The molecule has 0 saturated heterocycles. The number of aromatic nitrogens is 3. The highest BCUT2D eigenvalue weighted by molar-refractivity contribution is 7.99. The molecule has 1 aromatic heterocycles. The molecule has 3 aromatic rings. The largest absolute Gasteiger partial charge is 0.319 e. The molecular formula is C15H12N4OS. The summed E-state index contributed by atoms with van der Waals surface area (Å²) in [7, 11) is 0. The molecule has 0 radical (unpaired) electrons. The van der Waals surface area contributed by atoms with E-state index in [0.29, 0.717) is 0 Å². The molecule has 0 atom stereocenters. The number of aromatic amines is 1. The molecule has 0 fully saturated rings. The zero-order chi connectivity index (χ0) is 14.5. The second-order valence-corrected chi connectivity index (χ2v) is 5.34. The molecule has 21 heavy (non-hydrogen) atoms. The van der Waals surface area contributed by atoms with E-state index < -0.39 is 0 Å². The highest BCUT2D eigenvalue weighted by atomic mass is 32.2. The number of carbonyl (C=O) groups excluding carboxylic acids is 1. The third kappa shape index (κ3) is 3.29. The van der Waals surface area contributed by atoms with Gasteiger partial charge in [-0.25, -0.2) is 0 Å². The summed E-state index contributed by atoms with van der Waals surface area (Å²) in [6, 6.07) is 17.7. The van der Waals surface area contributed by atoms with Gasteiger partial charge in [-0.2, -0.15) is 15.4 Å². The lowest BCUT2D eigenvalue weighted by molar-refractivity contribution is 0.102. The Hall–Kier alpha value is -2.60. The number of hydrogen-bond acceptors (Lipinski definition) is 4. The fraction of sp³-hybridized carbons (Fsp3) is 0. The number of para-hydroxylation sites is 1. The lowest BCUT2D eigenvalue weighted by Gasteiger charge is -2.09. The molecule has 0 aliphatic heterocycles. The zero-order valence-electron chi connectivity index (χ0n) is 11.0. The van der Waals surface area contributed by atoms with Crippen LogP contribution in [0.4, 0.5) is 5.69 Å². The van der Waals surface area contributed by atoms with Crippen LogP contribution in [0.5, 0.6) is 0 Å². The van der Waals surface area contributed by atoms with E-state index in [9.17, 15) is 4.79 Å². The van der Waals surface area contributed by atoms with Gasteiger partial charge in [-0.05, 0) is 24.3 Å². The van der Waals surface area contributed by atoms with Crippen LogP contribution in [-0.2, 0) is 0 Å². The summed E-state index contributed by atoms with van der Waals surface area (Å²) in [4.78, 5) is 14.1. The Morgan fingerprint density at radius 2 is 1.81 bits per heavy atom. The predicted octanol–water partition coefficient (Wildman–Crippen LogP) is 3.21. The van der Waals surface area contributed by atoms with Gasteiger partial charge in [0.2, 0.25) is 0 Å². The van der Waals surface area contributed by atoms with Crippen LogP contribution in [0.25, 0.3) is 0 Å². The third-order valence-electron chi connectivity index (χ3n) is 2.75. The Labute approximate surface area is 125 Å². The zero-order valence-corrected chi connectivity index (χ0v) is 11.8. The molecule has 0 bridgehead atoms. The van der Waals surface area contributed by atoms with Crippen molar-refractivity contribution in [2.45, 2.75) is 9.79 Å². The van der Waals surface area contributed by atoms with Crippen molar-refractivity contribution in [1.82, 2.24) is 15.4 Å². The number of hydrogen-bond donors (Lipinski definition) is 2. The summed E-state index contributed by atoms with van der Waals surface area (Å²) >= 11 is 1.59. The van der Waals surface area contributed by atoms with Crippen molar-refractivity contribution < 1.29 is 4.79 Å². The smallest absolute Gasteiger partial charge is 0.277 e. The quantitative estimate of drug-likeness (QED) is 0.775. The summed E-state index contributed by atoms with van der Waals surface area (Å²) in [5.41, 5.74) is 1.01. The van der Waals surface area contributed by atoms with Gasteiger partial charge in [0.25, 0.3) is 5.91 Å². The molecule has 1 amide bonds. The second kappa shape index (κ2) is 6.23. The van der Waals surface area contributed by atoms with Gasteiger partial charge in [0, 0.05) is 9.79 Å². The van der Waals surface area contributed by atoms with Crippen LogP contribution in [0.15, 0.2) is 70.6 Å². The Kier molecular flexibility index (Phi) is 3.97. The minimum Gasteiger partial charge on any atom is -0.319 e. The van der Waals surface area contributed by atoms with Crippen LogP contribution in [0.3, 0.4) is 0 Å². The summed E-state index contributed by atoms with van der Waals surface area (Å²) in [6.07, 6.45) is 1.39. The molecule has 0 unspecified atom stereocenters. The van der Waals surface area contributed by atoms with E-state index in [1.165, 1.54) is 6.20 Å². The van der Waals surface area contributed by atoms with E-state index in [1.54, 1.807) is 11.8 Å². The number of nitrogens with zero attached hydrogens (tertiary/aromatic N) is 2. The minimum atomic E-state index is -0.287. The first kappa shape index (κ1) is 13.4. The molecule has 104 valence electrons. The van der Waals surface area contributed by atoms with Crippen molar-refractivity contribution in [3.8, 4) is 0 Å². The average Bonchev–Trinajstić information content (AvgIpc) is 3.05. The Balaban J connectivity index is 1.81. The Morgan fingerprint density at radius 1 is 1.05 bits per heavy atom. The number of H-pyrrole nitrogens is 1. The molecular weight excluding hydrogens is 284 g/mol. The van der Waals surface area contributed by atoms with Crippen molar-refractivity contribution in [3.05, 3.63) is 66.5 Å². The lowest BCUT2D eigenvalue weighted by Crippen LogP contribution is -2.12. The number of benzene rings is 2. The number of carbonyl (C=O) groups is 1. The maximum atomic E-state index is 12.0. The van der Waals surface area contributed by atoms with E-state index in [-0.39, 0.29) is 11.6 Å². The number of anilines is 1. The monoisotopic (exact) mass is 296 g/mol. The summed E-state index contributed by atoms with van der Waals surface area (Å²) < 4.78 is 0. The van der Waals surface area contributed by atoms with E-state index in [1.807, 2.05) is 54.6 Å². The van der Waals surface area contributed by atoms with E-state index in [0.717, 1.165) is 15.5 Å². The Morgan fingerprint density at radius 3 is 2.57 bits per heavy atom. The minimum absolute atomic E-state index is 0.259. The molecule has 1 heterocycles. The number of rotatable bonds is 4. The first-order valence-electron chi connectivity index (χ1n) is 6.32. The lowest BCUT2D eigenvalue weighted by atomic mass is 10.3. The van der Waals surface area contributed by atoms with Gasteiger partial charge in [0.15, 0.2) is 5.69 Å². The maximum Gasteiger partial charge on any atom is 0.277 e. The van der Waals surface area contributed by atoms with Crippen LogP contribution < -0.4 is 5.32 Å². The maximum absolute atomic E-state index is 12.0. The van der Waals surface area contributed by atoms with Gasteiger partial charge in [-0.15, -0.1) is 0 Å². The highest BCUT2D eigenvalue weighted by Gasteiger charge is 2.11. The topological polar surface area (TPSA) is 70.7 Å². The molecule has 0 aliphatic rings. The van der Waals surface area contributed by atoms with Crippen molar-refractivity contribution in [3.63, 3.8) is 0 Å². The van der Waals surface area contributed by atoms with Crippen LogP contribution >= 0.6 is 11.8 Å². The third-order valence-corrected chi connectivity index (χ3v) is 3.84. The van der Waals surface area contributed by atoms with Crippen molar-refractivity contribution in [1.29, 1.82) is 0 Å².